The molecule has 3 nitrogen and oxygen atoms in total. The Balaban J connectivity index is 1.99. The Morgan fingerprint density at radius 2 is 2.12 bits per heavy atom. The van der Waals surface area contributed by atoms with E-state index in [0.29, 0.717) is 12.2 Å². The Labute approximate surface area is 99.3 Å². The van der Waals surface area contributed by atoms with Crippen molar-refractivity contribution >= 4 is 23.1 Å². The molecular formula is C12H12ClN3. The van der Waals surface area contributed by atoms with E-state index in [1.54, 1.807) is 6.20 Å². The Bertz CT molecular complexity index is 468. The summed E-state index contributed by atoms with van der Waals surface area (Å²) in [5.74, 6) is 0.800. The molecule has 2 aromatic rings. The number of hydrogen-bond donors (Lipinski definition) is 2. The van der Waals surface area contributed by atoms with E-state index >= 15 is 0 Å². The van der Waals surface area contributed by atoms with E-state index in [-0.39, 0.29) is 0 Å². The summed E-state index contributed by atoms with van der Waals surface area (Å²) in [5.41, 5.74) is 7.32. The summed E-state index contributed by atoms with van der Waals surface area (Å²) in [7, 11) is 0. The first-order chi connectivity index (χ1) is 7.74. The Morgan fingerprint density at radius 1 is 1.25 bits per heavy atom. The molecule has 0 saturated carbocycles. The first-order valence-corrected chi connectivity index (χ1v) is 5.32. The summed E-state index contributed by atoms with van der Waals surface area (Å²) in [6.45, 7) is 0.692. The van der Waals surface area contributed by atoms with Gasteiger partial charge in [0.05, 0.1) is 11.9 Å². The minimum Gasteiger partial charge on any atom is -0.397 e. The summed E-state index contributed by atoms with van der Waals surface area (Å²) < 4.78 is 0. The van der Waals surface area contributed by atoms with Gasteiger partial charge in [0, 0.05) is 11.6 Å². The zero-order valence-corrected chi connectivity index (χ0v) is 9.41. The highest BCUT2D eigenvalue weighted by molar-refractivity contribution is 6.30. The van der Waals surface area contributed by atoms with Gasteiger partial charge in [0.15, 0.2) is 0 Å². The third kappa shape index (κ3) is 2.87. The maximum absolute atomic E-state index is 5.89. The zero-order chi connectivity index (χ0) is 11.4. The van der Waals surface area contributed by atoms with Gasteiger partial charge in [0.25, 0.3) is 0 Å². The molecule has 0 amide bonds. The molecule has 0 unspecified atom stereocenters. The van der Waals surface area contributed by atoms with Crippen LogP contribution in [0, 0.1) is 0 Å². The molecule has 0 spiro atoms. The molecule has 1 aromatic heterocycles. The van der Waals surface area contributed by atoms with Crippen molar-refractivity contribution in [1.82, 2.24) is 4.98 Å². The quantitative estimate of drug-likeness (QED) is 0.857. The number of pyridine rings is 1. The van der Waals surface area contributed by atoms with Gasteiger partial charge < -0.3 is 11.1 Å². The lowest BCUT2D eigenvalue weighted by Gasteiger charge is -2.05. The molecule has 0 bridgehead atoms. The molecule has 82 valence electrons. The summed E-state index contributed by atoms with van der Waals surface area (Å²) in [5, 5.41) is 3.93. The summed E-state index contributed by atoms with van der Waals surface area (Å²) >= 11 is 5.89. The minimum absolute atomic E-state index is 0.660. The number of nitrogens with zero attached hydrogens (tertiary/aromatic N) is 1. The molecule has 1 aromatic carbocycles. The lowest BCUT2D eigenvalue weighted by Crippen LogP contribution is -2.01. The van der Waals surface area contributed by atoms with E-state index < -0.39 is 0 Å². The molecule has 0 aliphatic rings. The Hall–Kier alpha value is -1.74. The van der Waals surface area contributed by atoms with Crippen molar-refractivity contribution in [3.05, 3.63) is 53.2 Å². The van der Waals surface area contributed by atoms with Crippen LogP contribution in [0.25, 0.3) is 0 Å². The monoisotopic (exact) mass is 233 g/mol. The normalized spacial score (nSPS) is 10.1. The second-order valence-electron chi connectivity index (χ2n) is 3.46. The van der Waals surface area contributed by atoms with E-state index in [2.05, 4.69) is 10.3 Å². The fourth-order valence-corrected chi connectivity index (χ4v) is 1.56. The highest BCUT2D eigenvalue weighted by atomic mass is 35.5. The molecule has 4 heteroatoms. The molecule has 0 radical (unpaired) electrons. The first-order valence-electron chi connectivity index (χ1n) is 4.94. The van der Waals surface area contributed by atoms with Crippen LogP contribution in [0.5, 0.6) is 0 Å². The predicted octanol–water partition coefficient (Wildman–Crippen LogP) is 2.93. The van der Waals surface area contributed by atoms with Gasteiger partial charge in [-0.25, -0.2) is 4.98 Å². The highest BCUT2D eigenvalue weighted by Gasteiger charge is 1.96. The van der Waals surface area contributed by atoms with Gasteiger partial charge in [0.2, 0.25) is 0 Å². The topological polar surface area (TPSA) is 50.9 Å². The predicted molar refractivity (Wildman–Crippen MR) is 67.4 cm³/mol. The zero-order valence-electron chi connectivity index (χ0n) is 8.65. The maximum atomic E-state index is 5.89. The Kier molecular flexibility index (Phi) is 3.27. The molecule has 1 heterocycles. The van der Waals surface area contributed by atoms with Crippen LogP contribution in [0.1, 0.15) is 5.56 Å². The van der Waals surface area contributed by atoms with Gasteiger partial charge in [-0.3, -0.25) is 0 Å². The number of rotatable bonds is 3. The van der Waals surface area contributed by atoms with Crippen LogP contribution in [0.4, 0.5) is 11.5 Å². The largest absolute Gasteiger partial charge is 0.397 e. The van der Waals surface area contributed by atoms with Crippen molar-refractivity contribution in [1.29, 1.82) is 0 Å². The third-order valence-corrected chi connectivity index (χ3v) is 2.38. The number of nitrogens with one attached hydrogen (secondary N) is 1. The van der Waals surface area contributed by atoms with Crippen LogP contribution in [-0.2, 0) is 6.54 Å². The van der Waals surface area contributed by atoms with E-state index in [9.17, 15) is 0 Å². The average Bonchev–Trinajstić information content (AvgIpc) is 2.28. The number of nitrogens with two attached hydrogens (primary N) is 1. The minimum atomic E-state index is 0.660. The smallest absolute Gasteiger partial charge is 0.126 e. The van der Waals surface area contributed by atoms with Crippen LogP contribution in [0.3, 0.4) is 0 Å². The fraction of sp³-hybridized carbons (Fsp3) is 0.0833. The number of nitrogen functional groups attached to an aromatic ring is 1. The number of anilines is 2. The number of hydrogen-bond acceptors (Lipinski definition) is 3. The molecule has 0 aliphatic heterocycles. The number of aromatic nitrogens is 1. The molecule has 3 N–H and O–H groups in total. The molecule has 0 atom stereocenters. The summed E-state index contributed by atoms with van der Waals surface area (Å²) in [6, 6.07) is 11.4. The van der Waals surface area contributed by atoms with Crippen LogP contribution >= 0.6 is 11.6 Å². The van der Waals surface area contributed by atoms with Crippen LogP contribution < -0.4 is 11.1 Å². The van der Waals surface area contributed by atoms with Crippen LogP contribution in [0.15, 0.2) is 42.6 Å². The summed E-state index contributed by atoms with van der Waals surface area (Å²) in [4.78, 5) is 4.15. The molecule has 16 heavy (non-hydrogen) atoms. The van der Waals surface area contributed by atoms with E-state index in [4.69, 9.17) is 17.3 Å². The first kappa shape index (κ1) is 10.8. The summed E-state index contributed by atoms with van der Waals surface area (Å²) in [6.07, 6.45) is 1.63. The van der Waals surface area contributed by atoms with Gasteiger partial charge in [-0.1, -0.05) is 23.7 Å². The van der Waals surface area contributed by atoms with Crippen molar-refractivity contribution in [2.45, 2.75) is 6.54 Å². The van der Waals surface area contributed by atoms with Gasteiger partial charge in [-0.05, 0) is 29.8 Å². The lowest BCUT2D eigenvalue weighted by atomic mass is 10.2. The van der Waals surface area contributed by atoms with Crippen molar-refractivity contribution in [3.63, 3.8) is 0 Å². The van der Waals surface area contributed by atoms with Crippen molar-refractivity contribution in [3.8, 4) is 0 Å². The standard InChI is InChI=1S/C12H12ClN3/c13-10-3-1-2-9(6-10)7-15-12-5-4-11(14)8-16-12/h1-6,8H,7,14H2,(H,15,16). The lowest BCUT2D eigenvalue weighted by molar-refractivity contribution is 1.11. The molecule has 0 fully saturated rings. The molecule has 0 aliphatic carbocycles. The molecular weight excluding hydrogens is 222 g/mol. The van der Waals surface area contributed by atoms with E-state index in [0.717, 1.165) is 16.4 Å². The Morgan fingerprint density at radius 3 is 2.81 bits per heavy atom. The average molecular weight is 234 g/mol. The number of benzene rings is 1. The fourth-order valence-electron chi connectivity index (χ4n) is 1.35. The van der Waals surface area contributed by atoms with Gasteiger partial charge >= 0.3 is 0 Å². The second-order valence-corrected chi connectivity index (χ2v) is 3.90. The van der Waals surface area contributed by atoms with E-state index in [1.165, 1.54) is 0 Å². The van der Waals surface area contributed by atoms with E-state index in [1.807, 2.05) is 36.4 Å². The second kappa shape index (κ2) is 4.86. The van der Waals surface area contributed by atoms with Crippen molar-refractivity contribution in [2.75, 3.05) is 11.1 Å². The SMILES string of the molecule is Nc1ccc(NCc2cccc(Cl)c2)nc1. The van der Waals surface area contributed by atoms with Gasteiger partial charge in [-0.15, -0.1) is 0 Å². The van der Waals surface area contributed by atoms with Crippen molar-refractivity contribution in [2.24, 2.45) is 0 Å². The van der Waals surface area contributed by atoms with Crippen LogP contribution in [0.2, 0.25) is 5.02 Å². The maximum Gasteiger partial charge on any atom is 0.126 e. The third-order valence-electron chi connectivity index (χ3n) is 2.15. The highest BCUT2D eigenvalue weighted by Crippen LogP contribution is 2.12. The molecule has 2 rings (SSSR count). The van der Waals surface area contributed by atoms with Gasteiger partial charge in [0.1, 0.15) is 5.82 Å². The molecule has 0 saturated heterocycles. The van der Waals surface area contributed by atoms with Crippen molar-refractivity contribution < 1.29 is 0 Å². The number of halogens is 1. The van der Waals surface area contributed by atoms with Gasteiger partial charge in [-0.2, -0.15) is 0 Å². The van der Waals surface area contributed by atoms with Crippen LogP contribution in [-0.4, -0.2) is 4.98 Å².